The fraction of sp³-hybridized carbons (Fsp3) is 0.316. The Morgan fingerprint density at radius 3 is 2.17 bits per heavy atom. The first kappa shape index (κ1) is 17.4. The SMILES string of the molecule is CN1C(=O)C2C(N=C3N(C)C(CN4C(=O)c5ccccc5C4=O)=CN32)N(C)C1=O. The molecule has 0 bridgehead atoms. The average molecular weight is 394 g/mol. The maximum atomic E-state index is 12.7. The van der Waals surface area contributed by atoms with Crippen LogP contribution in [0.4, 0.5) is 4.79 Å². The topological polar surface area (TPSA) is 96.8 Å². The van der Waals surface area contributed by atoms with E-state index in [4.69, 9.17) is 0 Å². The molecule has 1 fully saturated rings. The van der Waals surface area contributed by atoms with Crippen LogP contribution in [0.2, 0.25) is 0 Å². The zero-order valence-electron chi connectivity index (χ0n) is 16.1. The smallest absolute Gasteiger partial charge is 0.316 e. The normalized spacial score (nSPS) is 25.6. The van der Waals surface area contributed by atoms with Crippen LogP contribution in [0.25, 0.3) is 0 Å². The summed E-state index contributed by atoms with van der Waals surface area (Å²) in [6, 6.07) is 5.65. The molecule has 0 radical (unpaired) electrons. The summed E-state index contributed by atoms with van der Waals surface area (Å²) in [6.45, 7) is 0.0640. The van der Waals surface area contributed by atoms with Crippen molar-refractivity contribution in [3.63, 3.8) is 0 Å². The number of fused-ring (bicyclic) bond motifs is 4. The molecular weight excluding hydrogens is 376 g/mol. The molecule has 10 nitrogen and oxygen atoms in total. The second-order valence-electron chi connectivity index (χ2n) is 7.41. The molecule has 4 aliphatic rings. The number of urea groups is 1. The number of aliphatic imine (C=N–C) groups is 1. The van der Waals surface area contributed by atoms with Gasteiger partial charge in [-0.25, -0.2) is 9.79 Å². The van der Waals surface area contributed by atoms with Crippen LogP contribution in [0.3, 0.4) is 0 Å². The monoisotopic (exact) mass is 394 g/mol. The average Bonchev–Trinajstić information content (AvgIpc) is 3.31. The van der Waals surface area contributed by atoms with E-state index in [1.54, 1.807) is 54.4 Å². The van der Waals surface area contributed by atoms with Gasteiger partial charge in [-0.15, -0.1) is 0 Å². The molecule has 148 valence electrons. The molecule has 1 saturated heterocycles. The first-order chi connectivity index (χ1) is 13.8. The van der Waals surface area contributed by atoms with E-state index in [1.807, 2.05) is 0 Å². The van der Waals surface area contributed by atoms with Gasteiger partial charge < -0.3 is 14.7 Å². The van der Waals surface area contributed by atoms with Crippen LogP contribution < -0.4 is 0 Å². The Hall–Kier alpha value is -3.69. The number of likely N-dealkylation sites (N-methyl/N-ethyl adjacent to an activating group) is 3. The highest BCUT2D eigenvalue weighted by molar-refractivity contribution is 6.21. The Morgan fingerprint density at radius 1 is 0.931 bits per heavy atom. The number of amides is 5. The first-order valence-corrected chi connectivity index (χ1v) is 9.11. The molecule has 0 aliphatic carbocycles. The van der Waals surface area contributed by atoms with E-state index in [2.05, 4.69) is 4.99 Å². The third-order valence-electron chi connectivity index (χ3n) is 5.85. The lowest BCUT2D eigenvalue weighted by molar-refractivity contribution is -0.135. The first-order valence-electron chi connectivity index (χ1n) is 9.11. The lowest BCUT2D eigenvalue weighted by Gasteiger charge is -2.38. The molecule has 2 atom stereocenters. The molecule has 5 amide bonds. The van der Waals surface area contributed by atoms with E-state index in [0.717, 1.165) is 4.90 Å². The van der Waals surface area contributed by atoms with Crippen molar-refractivity contribution in [1.29, 1.82) is 0 Å². The molecule has 1 aromatic rings. The van der Waals surface area contributed by atoms with Crippen molar-refractivity contribution < 1.29 is 19.2 Å². The van der Waals surface area contributed by atoms with E-state index in [1.165, 1.54) is 16.8 Å². The van der Waals surface area contributed by atoms with E-state index in [-0.39, 0.29) is 24.3 Å². The third kappa shape index (κ3) is 2.13. The van der Waals surface area contributed by atoms with Crippen molar-refractivity contribution in [2.45, 2.75) is 12.2 Å². The van der Waals surface area contributed by atoms with Gasteiger partial charge in [0.25, 0.3) is 17.7 Å². The van der Waals surface area contributed by atoms with Crippen LogP contribution in [0.15, 0.2) is 41.2 Å². The minimum absolute atomic E-state index is 0.0640. The Bertz CT molecular complexity index is 1030. The van der Waals surface area contributed by atoms with Crippen molar-refractivity contribution in [1.82, 2.24) is 24.5 Å². The van der Waals surface area contributed by atoms with Gasteiger partial charge in [0.05, 0.1) is 23.4 Å². The van der Waals surface area contributed by atoms with Crippen molar-refractivity contribution >= 4 is 29.7 Å². The Morgan fingerprint density at radius 2 is 1.55 bits per heavy atom. The van der Waals surface area contributed by atoms with Crippen LogP contribution in [0.5, 0.6) is 0 Å². The van der Waals surface area contributed by atoms with Crippen molar-refractivity contribution in [3.8, 4) is 0 Å². The number of guanidine groups is 1. The molecule has 29 heavy (non-hydrogen) atoms. The number of benzene rings is 1. The lowest BCUT2D eigenvalue weighted by atomic mass is 10.1. The van der Waals surface area contributed by atoms with Crippen molar-refractivity contribution in [2.75, 3.05) is 27.7 Å². The summed E-state index contributed by atoms with van der Waals surface area (Å²) in [5, 5.41) is 0. The predicted molar refractivity (Wildman–Crippen MR) is 100 cm³/mol. The summed E-state index contributed by atoms with van der Waals surface area (Å²) >= 11 is 0. The molecule has 0 saturated carbocycles. The minimum Gasteiger partial charge on any atom is -0.316 e. The number of hydrogen-bond donors (Lipinski definition) is 0. The molecule has 1 aromatic carbocycles. The summed E-state index contributed by atoms with van der Waals surface area (Å²) in [5.41, 5.74) is 1.44. The second kappa shape index (κ2) is 5.66. The number of rotatable bonds is 2. The predicted octanol–water partition coefficient (Wildman–Crippen LogP) is -0.0405. The molecule has 2 unspecified atom stereocenters. The molecular formula is C19H18N6O4. The van der Waals surface area contributed by atoms with Gasteiger partial charge in [0.1, 0.15) is 0 Å². The zero-order valence-corrected chi connectivity index (χ0v) is 16.1. The summed E-state index contributed by atoms with van der Waals surface area (Å²) < 4.78 is 0. The molecule has 4 heterocycles. The number of nitrogens with zero attached hydrogens (tertiary/aromatic N) is 6. The zero-order chi connectivity index (χ0) is 20.6. The van der Waals surface area contributed by atoms with E-state index in [9.17, 15) is 19.2 Å². The van der Waals surface area contributed by atoms with Crippen LogP contribution in [0.1, 0.15) is 20.7 Å². The number of carbonyl (C=O) groups is 4. The summed E-state index contributed by atoms with van der Waals surface area (Å²) in [6.07, 6.45) is 1.11. The van der Waals surface area contributed by atoms with E-state index < -0.39 is 18.2 Å². The fourth-order valence-electron chi connectivity index (χ4n) is 4.18. The highest BCUT2D eigenvalue weighted by atomic mass is 16.2. The summed E-state index contributed by atoms with van der Waals surface area (Å²) in [5.74, 6) is -0.519. The maximum Gasteiger partial charge on any atom is 0.328 e. The molecule has 10 heteroatoms. The summed E-state index contributed by atoms with van der Waals surface area (Å²) in [4.78, 5) is 61.9. The van der Waals surface area contributed by atoms with Crippen LogP contribution >= 0.6 is 0 Å². The Balaban J connectivity index is 1.43. The standard InChI is InChI=1S/C19H18N6O4/c1-21-10(9-25-15(26)11-6-4-5-7-12(11)16(25)27)8-24-13-14(20-18(21)24)22(2)19(29)23(3)17(13)28/h4-8,13-14H,9H2,1-3H3. The summed E-state index contributed by atoms with van der Waals surface area (Å²) in [7, 11) is 4.81. The molecule has 5 rings (SSSR count). The number of imide groups is 2. The van der Waals surface area contributed by atoms with Gasteiger partial charge in [0, 0.05) is 27.3 Å². The molecule has 0 N–H and O–H groups in total. The van der Waals surface area contributed by atoms with Gasteiger partial charge in [0.2, 0.25) is 5.96 Å². The highest BCUT2D eigenvalue weighted by Gasteiger charge is 2.53. The van der Waals surface area contributed by atoms with Gasteiger partial charge in [-0.05, 0) is 12.1 Å². The van der Waals surface area contributed by atoms with Crippen molar-refractivity contribution in [2.24, 2.45) is 4.99 Å². The quantitative estimate of drug-likeness (QED) is 0.653. The largest absolute Gasteiger partial charge is 0.328 e. The van der Waals surface area contributed by atoms with E-state index >= 15 is 0 Å². The second-order valence-corrected chi connectivity index (χ2v) is 7.41. The Kier molecular flexibility index (Phi) is 3.40. The maximum absolute atomic E-state index is 12.7. The van der Waals surface area contributed by atoms with Gasteiger partial charge >= 0.3 is 6.03 Å². The van der Waals surface area contributed by atoms with Gasteiger partial charge in [-0.2, -0.15) is 0 Å². The number of carbonyl (C=O) groups excluding carboxylic acids is 4. The van der Waals surface area contributed by atoms with Crippen LogP contribution in [0, 0.1) is 0 Å². The van der Waals surface area contributed by atoms with Gasteiger partial charge in [0.15, 0.2) is 12.2 Å². The third-order valence-corrected chi connectivity index (χ3v) is 5.85. The minimum atomic E-state index is -0.667. The van der Waals surface area contributed by atoms with Crippen LogP contribution in [-0.2, 0) is 4.79 Å². The molecule has 4 aliphatic heterocycles. The molecule has 0 aromatic heterocycles. The number of hydrogen-bond acceptors (Lipinski definition) is 7. The van der Waals surface area contributed by atoms with Crippen LogP contribution in [-0.4, -0.2) is 94.1 Å². The fourth-order valence-corrected chi connectivity index (χ4v) is 4.18. The Labute approximate surface area is 166 Å². The molecule has 0 spiro atoms. The highest BCUT2D eigenvalue weighted by Crippen LogP contribution is 2.34. The lowest BCUT2D eigenvalue weighted by Crippen LogP contribution is -2.63. The van der Waals surface area contributed by atoms with Crippen molar-refractivity contribution in [3.05, 3.63) is 47.3 Å². The van der Waals surface area contributed by atoms with E-state index in [0.29, 0.717) is 22.8 Å². The van der Waals surface area contributed by atoms with Gasteiger partial charge in [-0.1, -0.05) is 12.1 Å². The van der Waals surface area contributed by atoms with Gasteiger partial charge in [-0.3, -0.25) is 24.2 Å².